The van der Waals surface area contributed by atoms with E-state index in [0.29, 0.717) is 24.3 Å². The van der Waals surface area contributed by atoms with Crippen molar-refractivity contribution in [1.82, 2.24) is 9.80 Å². The Morgan fingerprint density at radius 1 is 1.15 bits per heavy atom. The van der Waals surface area contributed by atoms with E-state index in [-0.39, 0.29) is 0 Å². The number of hydrogen-bond acceptors (Lipinski definition) is 4. The van der Waals surface area contributed by atoms with Crippen LogP contribution in [0.2, 0.25) is 0 Å². The first-order valence-electron chi connectivity index (χ1n) is 8.54. The lowest BCUT2D eigenvalue weighted by molar-refractivity contribution is -0.0580. The summed E-state index contributed by atoms with van der Waals surface area (Å²) < 4.78 is 6.12. The number of rotatable bonds is 3. The van der Waals surface area contributed by atoms with Crippen LogP contribution < -0.4 is 5.73 Å². The maximum absolute atomic E-state index is 6.12. The fraction of sp³-hybridized carbons (Fsp3) is 1.00. The number of nitrogens with two attached hydrogens (primary N) is 1. The van der Waals surface area contributed by atoms with Crippen LogP contribution in [0.3, 0.4) is 0 Å². The van der Waals surface area contributed by atoms with Crippen molar-refractivity contribution in [2.75, 3.05) is 26.2 Å². The highest BCUT2D eigenvalue weighted by molar-refractivity contribution is 4.95. The summed E-state index contributed by atoms with van der Waals surface area (Å²) in [5, 5.41) is 0. The maximum Gasteiger partial charge on any atom is 0.0747 e. The van der Waals surface area contributed by atoms with E-state index in [1.807, 2.05) is 0 Å². The molecule has 116 valence electrons. The van der Waals surface area contributed by atoms with Crippen LogP contribution in [0.25, 0.3) is 0 Å². The van der Waals surface area contributed by atoms with Gasteiger partial charge in [0, 0.05) is 37.8 Å². The SMILES string of the molecule is CC1CCC(C(CN)N2CC3CCCCN3CC2C)O1. The van der Waals surface area contributed by atoms with E-state index in [0.717, 1.165) is 12.6 Å². The summed E-state index contributed by atoms with van der Waals surface area (Å²) >= 11 is 0. The van der Waals surface area contributed by atoms with Crippen LogP contribution in [0.1, 0.15) is 46.0 Å². The average Bonchev–Trinajstić information content (AvgIpc) is 2.86. The first-order valence-corrected chi connectivity index (χ1v) is 8.54. The third kappa shape index (κ3) is 2.89. The molecule has 5 atom stereocenters. The van der Waals surface area contributed by atoms with Crippen LogP contribution in [0.4, 0.5) is 0 Å². The maximum atomic E-state index is 6.12. The lowest BCUT2D eigenvalue weighted by Crippen LogP contribution is -2.64. The lowest BCUT2D eigenvalue weighted by atomic mass is 9.94. The van der Waals surface area contributed by atoms with Gasteiger partial charge in [0.25, 0.3) is 0 Å². The highest BCUT2D eigenvalue weighted by atomic mass is 16.5. The standard InChI is InChI=1S/C16H31N3O/c1-12-10-18-8-4-3-5-14(18)11-19(12)15(9-17)16-7-6-13(2)20-16/h12-16H,3-11,17H2,1-2H3. The number of piperidine rings is 1. The Labute approximate surface area is 123 Å². The number of fused-ring (bicyclic) bond motifs is 1. The number of hydrogen-bond donors (Lipinski definition) is 1. The zero-order valence-electron chi connectivity index (χ0n) is 13.1. The molecule has 3 aliphatic heterocycles. The van der Waals surface area contributed by atoms with E-state index < -0.39 is 0 Å². The highest BCUT2D eigenvalue weighted by Gasteiger charge is 2.40. The second-order valence-electron chi connectivity index (χ2n) is 7.06. The number of nitrogens with zero attached hydrogens (tertiary/aromatic N) is 2. The molecule has 0 saturated carbocycles. The molecule has 4 nitrogen and oxygen atoms in total. The zero-order valence-corrected chi connectivity index (χ0v) is 13.1. The topological polar surface area (TPSA) is 41.7 Å². The van der Waals surface area contributed by atoms with Gasteiger partial charge < -0.3 is 10.5 Å². The minimum atomic E-state index is 0.354. The summed E-state index contributed by atoms with van der Waals surface area (Å²) in [6, 6.07) is 1.78. The zero-order chi connectivity index (χ0) is 14.1. The summed E-state index contributed by atoms with van der Waals surface area (Å²) in [4.78, 5) is 5.37. The van der Waals surface area contributed by atoms with Crippen LogP contribution in [-0.2, 0) is 4.74 Å². The van der Waals surface area contributed by atoms with Crippen molar-refractivity contribution in [3.05, 3.63) is 0 Å². The molecule has 5 unspecified atom stereocenters. The van der Waals surface area contributed by atoms with E-state index in [1.165, 1.54) is 51.7 Å². The Bertz CT molecular complexity index is 325. The summed E-state index contributed by atoms with van der Waals surface area (Å²) in [5.74, 6) is 0. The van der Waals surface area contributed by atoms with Gasteiger partial charge in [0.15, 0.2) is 0 Å². The second-order valence-corrected chi connectivity index (χ2v) is 7.06. The molecule has 3 fully saturated rings. The molecule has 0 aromatic carbocycles. The normalized spacial score (nSPS) is 41.5. The summed E-state index contributed by atoms with van der Waals surface area (Å²) in [5.41, 5.74) is 6.12. The van der Waals surface area contributed by atoms with Gasteiger partial charge in [0.1, 0.15) is 0 Å². The summed E-state index contributed by atoms with van der Waals surface area (Å²) in [7, 11) is 0. The molecule has 2 N–H and O–H groups in total. The fourth-order valence-corrected chi connectivity index (χ4v) is 4.45. The highest BCUT2D eigenvalue weighted by Crippen LogP contribution is 2.30. The Morgan fingerprint density at radius 2 is 2.00 bits per heavy atom. The van der Waals surface area contributed by atoms with Gasteiger partial charge in [-0.15, -0.1) is 0 Å². The van der Waals surface area contributed by atoms with Crippen LogP contribution >= 0.6 is 0 Å². The van der Waals surface area contributed by atoms with E-state index in [2.05, 4.69) is 23.6 Å². The first kappa shape index (κ1) is 14.8. The Morgan fingerprint density at radius 3 is 2.70 bits per heavy atom. The van der Waals surface area contributed by atoms with Crippen molar-refractivity contribution in [2.24, 2.45) is 5.73 Å². The van der Waals surface area contributed by atoms with Crippen LogP contribution in [0, 0.1) is 0 Å². The molecule has 4 heteroatoms. The van der Waals surface area contributed by atoms with Crippen molar-refractivity contribution in [3.63, 3.8) is 0 Å². The molecule has 3 rings (SSSR count). The lowest BCUT2D eigenvalue weighted by Gasteiger charge is -2.50. The van der Waals surface area contributed by atoms with Crippen LogP contribution in [0.5, 0.6) is 0 Å². The monoisotopic (exact) mass is 281 g/mol. The van der Waals surface area contributed by atoms with Crippen LogP contribution in [-0.4, -0.2) is 66.3 Å². The van der Waals surface area contributed by atoms with E-state index in [9.17, 15) is 0 Å². The largest absolute Gasteiger partial charge is 0.374 e. The molecule has 0 aromatic heterocycles. The van der Waals surface area contributed by atoms with Gasteiger partial charge >= 0.3 is 0 Å². The van der Waals surface area contributed by atoms with Crippen molar-refractivity contribution in [3.8, 4) is 0 Å². The third-order valence-electron chi connectivity index (χ3n) is 5.60. The predicted molar refractivity (Wildman–Crippen MR) is 81.8 cm³/mol. The Kier molecular flexibility index (Phi) is 4.65. The molecular weight excluding hydrogens is 250 g/mol. The third-order valence-corrected chi connectivity index (χ3v) is 5.60. The van der Waals surface area contributed by atoms with Crippen LogP contribution in [0.15, 0.2) is 0 Å². The molecule has 0 bridgehead atoms. The molecule has 0 amide bonds. The summed E-state index contributed by atoms with van der Waals surface area (Å²) in [6.45, 7) is 8.99. The van der Waals surface area contributed by atoms with E-state index in [1.54, 1.807) is 0 Å². The van der Waals surface area contributed by atoms with Gasteiger partial charge in [-0.3, -0.25) is 9.80 Å². The molecule has 3 heterocycles. The second kappa shape index (κ2) is 6.30. The summed E-state index contributed by atoms with van der Waals surface area (Å²) in [6.07, 6.45) is 7.29. The van der Waals surface area contributed by atoms with Crippen molar-refractivity contribution >= 4 is 0 Å². The first-order chi connectivity index (χ1) is 9.69. The predicted octanol–water partition coefficient (Wildman–Crippen LogP) is 1.44. The smallest absolute Gasteiger partial charge is 0.0747 e. The van der Waals surface area contributed by atoms with Gasteiger partial charge in [-0.25, -0.2) is 0 Å². The fourth-order valence-electron chi connectivity index (χ4n) is 4.45. The Hall–Kier alpha value is -0.160. The minimum absolute atomic E-state index is 0.354. The molecule has 0 aromatic rings. The van der Waals surface area contributed by atoms with E-state index >= 15 is 0 Å². The molecule has 3 aliphatic rings. The number of ether oxygens (including phenoxy) is 1. The molecular formula is C16H31N3O. The van der Waals surface area contributed by atoms with Gasteiger partial charge in [0.05, 0.1) is 12.2 Å². The quantitative estimate of drug-likeness (QED) is 0.850. The molecule has 0 aliphatic carbocycles. The van der Waals surface area contributed by atoms with Crippen molar-refractivity contribution < 1.29 is 4.74 Å². The molecule has 0 radical (unpaired) electrons. The van der Waals surface area contributed by atoms with Crippen molar-refractivity contribution in [1.29, 1.82) is 0 Å². The average molecular weight is 281 g/mol. The van der Waals surface area contributed by atoms with Gasteiger partial charge in [0.2, 0.25) is 0 Å². The molecule has 20 heavy (non-hydrogen) atoms. The molecule has 3 saturated heterocycles. The van der Waals surface area contributed by atoms with Gasteiger partial charge in [-0.2, -0.15) is 0 Å². The number of piperazine rings is 1. The van der Waals surface area contributed by atoms with Gasteiger partial charge in [-0.05, 0) is 46.1 Å². The minimum Gasteiger partial charge on any atom is -0.374 e. The van der Waals surface area contributed by atoms with Gasteiger partial charge in [-0.1, -0.05) is 6.42 Å². The van der Waals surface area contributed by atoms with Crippen molar-refractivity contribution in [2.45, 2.75) is 76.3 Å². The Balaban J connectivity index is 1.67. The molecule has 0 spiro atoms. The van der Waals surface area contributed by atoms with E-state index in [4.69, 9.17) is 10.5 Å².